The van der Waals surface area contributed by atoms with Crippen LogP contribution in [0.4, 0.5) is 0 Å². The van der Waals surface area contributed by atoms with Crippen LogP contribution in [0, 0.1) is 5.92 Å². The summed E-state index contributed by atoms with van der Waals surface area (Å²) in [5, 5.41) is 0.767. The van der Waals surface area contributed by atoms with Gasteiger partial charge in [-0.25, -0.2) is 0 Å². The van der Waals surface area contributed by atoms with Crippen LogP contribution in [0.5, 0.6) is 11.5 Å². The SMILES string of the molecule is CC1Cc2c(c(Cl)c3c(c2C2CC(CN)CN2C)OC(C)C3)O1. The van der Waals surface area contributed by atoms with Gasteiger partial charge in [-0.2, -0.15) is 0 Å². The van der Waals surface area contributed by atoms with Crippen molar-refractivity contribution in [3.63, 3.8) is 0 Å². The predicted octanol–water partition coefficient (Wildman–Crippen LogP) is 2.94. The smallest absolute Gasteiger partial charge is 0.142 e. The minimum Gasteiger partial charge on any atom is -0.490 e. The first-order chi connectivity index (χ1) is 11.0. The number of halogens is 1. The molecule has 23 heavy (non-hydrogen) atoms. The Morgan fingerprint density at radius 1 is 1.13 bits per heavy atom. The Kier molecular flexibility index (Phi) is 3.74. The van der Waals surface area contributed by atoms with E-state index in [1.165, 1.54) is 11.1 Å². The molecular formula is C18H25ClN2O2. The summed E-state index contributed by atoms with van der Waals surface area (Å²) in [7, 11) is 2.19. The highest BCUT2D eigenvalue weighted by atomic mass is 35.5. The monoisotopic (exact) mass is 336 g/mol. The van der Waals surface area contributed by atoms with E-state index < -0.39 is 0 Å². The molecule has 4 atom stereocenters. The maximum absolute atomic E-state index is 6.66. The molecule has 3 heterocycles. The molecule has 3 aliphatic heterocycles. The van der Waals surface area contributed by atoms with Crippen molar-refractivity contribution in [1.82, 2.24) is 4.90 Å². The molecule has 4 rings (SSSR count). The van der Waals surface area contributed by atoms with Gasteiger partial charge in [-0.15, -0.1) is 0 Å². The van der Waals surface area contributed by atoms with Crippen molar-refractivity contribution in [2.75, 3.05) is 20.1 Å². The summed E-state index contributed by atoms with van der Waals surface area (Å²) < 4.78 is 12.3. The third-order valence-electron chi connectivity index (χ3n) is 5.50. The van der Waals surface area contributed by atoms with Gasteiger partial charge in [0.15, 0.2) is 0 Å². The third-order valence-corrected chi connectivity index (χ3v) is 5.90. The number of nitrogens with zero attached hydrogens (tertiary/aromatic N) is 1. The fourth-order valence-electron chi connectivity index (χ4n) is 4.46. The van der Waals surface area contributed by atoms with Crippen LogP contribution in [0.1, 0.15) is 43.0 Å². The lowest BCUT2D eigenvalue weighted by Crippen LogP contribution is -2.21. The van der Waals surface area contributed by atoms with Gasteiger partial charge in [-0.3, -0.25) is 4.90 Å². The van der Waals surface area contributed by atoms with Crippen LogP contribution in [0.25, 0.3) is 0 Å². The van der Waals surface area contributed by atoms with Crippen molar-refractivity contribution in [3.05, 3.63) is 21.7 Å². The lowest BCUT2D eigenvalue weighted by atomic mass is 9.90. The standard InChI is InChI=1S/C18H25ClN2O2/c1-9-4-12-15(14-6-11(7-20)8-21(14)3)17-13(5-10(2)22-17)16(19)18(12)23-9/h9-11,14H,4-8,20H2,1-3H3. The normalized spacial score (nSPS) is 32.6. The molecule has 4 nitrogen and oxygen atoms in total. The number of hydrogen-bond acceptors (Lipinski definition) is 4. The fourth-order valence-corrected chi connectivity index (χ4v) is 4.78. The first-order valence-electron chi connectivity index (χ1n) is 8.60. The minimum atomic E-state index is 0.179. The van der Waals surface area contributed by atoms with Gasteiger partial charge in [0.25, 0.3) is 0 Å². The third kappa shape index (κ3) is 2.34. The summed E-state index contributed by atoms with van der Waals surface area (Å²) in [6, 6.07) is 0.350. The first kappa shape index (κ1) is 15.6. The topological polar surface area (TPSA) is 47.7 Å². The predicted molar refractivity (Wildman–Crippen MR) is 91.6 cm³/mol. The Labute approximate surface area is 142 Å². The largest absolute Gasteiger partial charge is 0.490 e. The van der Waals surface area contributed by atoms with E-state index in [2.05, 4.69) is 25.8 Å². The summed E-state index contributed by atoms with van der Waals surface area (Å²) in [4.78, 5) is 2.41. The highest BCUT2D eigenvalue weighted by Gasteiger charge is 2.41. The van der Waals surface area contributed by atoms with E-state index in [0.29, 0.717) is 12.0 Å². The van der Waals surface area contributed by atoms with Crippen molar-refractivity contribution >= 4 is 11.6 Å². The second-order valence-electron chi connectivity index (χ2n) is 7.40. The molecule has 0 aromatic heterocycles. The van der Waals surface area contributed by atoms with Gasteiger partial charge in [-0.05, 0) is 39.8 Å². The maximum atomic E-state index is 6.66. The van der Waals surface area contributed by atoms with Crippen LogP contribution >= 0.6 is 11.6 Å². The van der Waals surface area contributed by atoms with Gasteiger partial charge in [-0.1, -0.05) is 11.6 Å². The van der Waals surface area contributed by atoms with E-state index in [1.54, 1.807) is 0 Å². The van der Waals surface area contributed by atoms with Gasteiger partial charge < -0.3 is 15.2 Å². The highest BCUT2D eigenvalue weighted by molar-refractivity contribution is 6.33. The molecule has 3 aliphatic rings. The van der Waals surface area contributed by atoms with Gasteiger partial charge in [0.2, 0.25) is 0 Å². The van der Waals surface area contributed by atoms with Gasteiger partial charge in [0.05, 0.1) is 5.02 Å². The van der Waals surface area contributed by atoms with Gasteiger partial charge >= 0.3 is 0 Å². The van der Waals surface area contributed by atoms with Crippen molar-refractivity contribution in [2.24, 2.45) is 11.7 Å². The molecule has 126 valence electrons. The zero-order chi connectivity index (χ0) is 16.3. The van der Waals surface area contributed by atoms with Crippen LogP contribution in [-0.2, 0) is 12.8 Å². The molecule has 1 fully saturated rings. The Morgan fingerprint density at radius 2 is 1.78 bits per heavy atom. The van der Waals surface area contributed by atoms with E-state index in [4.69, 9.17) is 26.8 Å². The molecule has 5 heteroatoms. The number of benzene rings is 1. The Morgan fingerprint density at radius 3 is 2.43 bits per heavy atom. The Bertz CT molecular complexity index is 609. The summed E-state index contributed by atoms with van der Waals surface area (Å²) in [5.41, 5.74) is 9.62. The maximum Gasteiger partial charge on any atom is 0.142 e. The molecular weight excluding hydrogens is 312 g/mol. The molecule has 0 saturated carbocycles. The van der Waals surface area contributed by atoms with Gasteiger partial charge in [0, 0.05) is 42.1 Å². The zero-order valence-electron chi connectivity index (χ0n) is 14.1. The van der Waals surface area contributed by atoms with Crippen molar-refractivity contribution < 1.29 is 9.47 Å². The number of ether oxygens (including phenoxy) is 2. The summed E-state index contributed by atoms with van der Waals surface area (Å²) in [5.74, 6) is 2.47. The molecule has 0 aliphatic carbocycles. The van der Waals surface area contributed by atoms with E-state index in [9.17, 15) is 0 Å². The first-order valence-corrected chi connectivity index (χ1v) is 8.98. The zero-order valence-corrected chi connectivity index (χ0v) is 14.8. The second kappa shape index (κ2) is 5.54. The van der Waals surface area contributed by atoms with Crippen LogP contribution < -0.4 is 15.2 Å². The number of nitrogens with two attached hydrogens (primary N) is 1. The Hall–Kier alpha value is -0.970. The fraction of sp³-hybridized carbons (Fsp3) is 0.667. The Balaban J connectivity index is 1.87. The molecule has 1 saturated heterocycles. The molecule has 0 spiro atoms. The number of rotatable bonds is 2. The minimum absolute atomic E-state index is 0.179. The van der Waals surface area contributed by atoms with Crippen LogP contribution in [0.3, 0.4) is 0 Å². The van der Waals surface area contributed by atoms with Crippen molar-refractivity contribution in [2.45, 2.75) is 51.4 Å². The molecule has 1 aromatic carbocycles. The van der Waals surface area contributed by atoms with Crippen LogP contribution in [-0.4, -0.2) is 37.2 Å². The average Bonchev–Trinajstić information content (AvgIpc) is 3.17. The van der Waals surface area contributed by atoms with Gasteiger partial charge in [0.1, 0.15) is 23.7 Å². The van der Waals surface area contributed by atoms with Crippen molar-refractivity contribution in [3.8, 4) is 11.5 Å². The molecule has 0 radical (unpaired) electrons. The molecule has 0 amide bonds. The lowest BCUT2D eigenvalue weighted by molar-refractivity contribution is 0.242. The van der Waals surface area contributed by atoms with E-state index in [1.807, 2.05) is 0 Å². The molecule has 0 bridgehead atoms. The number of fused-ring (bicyclic) bond motifs is 2. The quantitative estimate of drug-likeness (QED) is 0.902. The van der Waals surface area contributed by atoms with E-state index in [0.717, 1.165) is 54.4 Å². The summed E-state index contributed by atoms with van der Waals surface area (Å²) >= 11 is 6.66. The van der Waals surface area contributed by atoms with Crippen LogP contribution in [0.2, 0.25) is 5.02 Å². The van der Waals surface area contributed by atoms with E-state index in [-0.39, 0.29) is 12.2 Å². The number of likely N-dealkylation sites (tertiary alicyclic amines) is 1. The molecule has 4 unspecified atom stereocenters. The summed E-state index contributed by atoms with van der Waals surface area (Å²) in [6.45, 7) is 5.99. The highest BCUT2D eigenvalue weighted by Crippen LogP contribution is 2.53. The lowest BCUT2D eigenvalue weighted by Gasteiger charge is -2.25. The number of hydrogen-bond donors (Lipinski definition) is 1. The average molecular weight is 337 g/mol. The molecule has 1 aromatic rings. The molecule has 2 N–H and O–H groups in total. The van der Waals surface area contributed by atoms with Crippen molar-refractivity contribution in [1.29, 1.82) is 0 Å². The summed E-state index contributed by atoms with van der Waals surface area (Å²) in [6.07, 6.45) is 3.21. The second-order valence-corrected chi connectivity index (χ2v) is 7.78. The van der Waals surface area contributed by atoms with E-state index >= 15 is 0 Å². The van der Waals surface area contributed by atoms with Crippen LogP contribution in [0.15, 0.2) is 0 Å².